The molecule has 0 saturated heterocycles. The third kappa shape index (κ3) is 4.16. The van der Waals surface area contributed by atoms with Gasteiger partial charge in [0.25, 0.3) is 5.56 Å². The van der Waals surface area contributed by atoms with Gasteiger partial charge in [-0.1, -0.05) is 35.9 Å². The van der Waals surface area contributed by atoms with Gasteiger partial charge in [-0.05, 0) is 72.7 Å². The minimum atomic E-state index is -1.51. The fourth-order valence-corrected chi connectivity index (χ4v) is 5.29. The first-order valence-electron chi connectivity index (χ1n) is 12.4. The van der Waals surface area contributed by atoms with Gasteiger partial charge in [-0.15, -0.1) is 0 Å². The summed E-state index contributed by atoms with van der Waals surface area (Å²) in [5.41, 5.74) is 3.71. The molecule has 2 aromatic carbocycles. The van der Waals surface area contributed by atoms with Crippen LogP contribution in [0.5, 0.6) is 0 Å². The molecule has 1 aliphatic rings. The van der Waals surface area contributed by atoms with E-state index in [2.05, 4.69) is 9.97 Å². The van der Waals surface area contributed by atoms with Gasteiger partial charge in [-0.2, -0.15) is 0 Å². The third-order valence-corrected chi connectivity index (χ3v) is 7.55. The molecule has 1 fully saturated rings. The van der Waals surface area contributed by atoms with Crippen molar-refractivity contribution in [3.05, 3.63) is 117 Å². The Balaban J connectivity index is 1.65. The van der Waals surface area contributed by atoms with Crippen molar-refractivity contribution in [2.45, 2.75) is 31.9 Å². The minimum Gasteiger partial charge on any atom is -0.374 e. The van der Waals surface area contributed by atoms with Crippen molar-refractivity contribution >= 4 is 22.5 Å². The van der Waals surface area contributed by atoms with Gasteiger partial charge in [0, 0.05) is 47.5 Å². The summed E-state index contributed by atoms with van der Waals surface area (Å²) in [6.45, 7) is 2.61. The number of nitrogens with zero attached hydrogens (tertiary/aromatic N) is 4. The van der Waals surface area contributed by atoms with E-state index in [1.54, 1.807) is 24.8 Å². The van der Waals surface area contributed by atoms with Crippen LogP contribution in [0.15, 0.2) is 84.2 Å². The second-order valence-electron chi connectivity index (χ2n) is 9.98. The number of hydrogen-bond acceptors (Lipinski definition) is 4. The van der Waals surface area contributed by atoms with Gasteiger partial charge < -0.3 is 14.2 Å². The molecular formula is C30H27ClN4O2. The lowest BCUT2D eigenvalue weighted by Crippen LogP contribution is -2.31. The van der Waals surface area contributed by atoms with Gasteiger partial charge in [0.05, 0.1) is 23.7 Å². The summed E-state index contributed by atoms with van der Waals surface area (Å²) >= 11 is 6.34. The molecule has 0 spiro atoms. The van der Waals surface area contributed by atoms with Crippen molar-refractivity contribution in [3.8, 4) is 11.1 Å². The molecule has 0 bridgehead atoms. The van der Waals surface area contributed by atoms with Crippen LogP contribution < -0.4 is 5.56 Å². The fraction of sp³-hybridized carbons (Fsp3) is 0.233. The Morgan fingerprint density at radius 1 is 1.05 bits per heavy atom. The van der Waals surface area contributed by atoms with Crippen LogP contribution in [-0.4, -0.2) is 24.2 Å². The van der Waals surface area contributed by atoms with E-state index in [1.165, 1.54) is 0 Å². The molecule has 1 unspecified atom stereocenters. The number of hydrogen-bond donors (Lipinski definition) is 1. The Bertz CT molecular complexity index is 1680. The minimum absolute atomic E-state index is 0.0354. The van der Waals surface area contributed by atoms with Crippen LogP contribution in [0, 0.1) is 12.8 Å². The average molecular weight is 511 g/mol. The van der Waals surface area contributed by atoms with Gasteiger partial charge in [-0.25, -0.2) is 4.98 Å². The number of aromatic nitrogens is 4. The van der Waals surface area contributed by atoms with Gasteiger partial charge in [0.1, 0.15) is 0 Å². The van der Waals surface area contributed by atoms with Crippen molar-refractivity contribution in [1.29, 1.82) is 0 Å². The SMILES string of the molecule is Cc1ccc(C(O)(c2ccc3c(c2)c(-c2cccc(Cl)c2)cc(=O)n3CC2CC2)c2cncn2C)cn1. The highest BCUT2D eigenvalue weighted by molar-refractivity contribution is 6.30. The molecule has 1 N–H and O–H groups in total. The van der Waals surface area contributed by atoms with E-state index >= 15 is 0 Å². The number of pyridine rings is 2. The first kappa shape index (κ1) is 23.6. The predicted octanol–water partition coefficient (Wildman–Crippen LogP) is 5.45. The van der Waals surface area contributed by atoms with E-state index in [-0.39, 0.29) is 5.56 Å². The molecule has 1 saturated carbocycles. The van der Waals surface area contributed by atoms with Crippen LogP contribution in [-0.2, 0) is 19.2 Å². The van der Waals surface area contributed by atoms with E-state index in [4.69, 9.17) is 11.6 Å². The molecule has 5 aromatic rings. The summed E-state index contributed by atoms with van der Waals surface area (Å²) in [4.78, 5) is 22.0. The largest absolute Gasteiger partial charge is 0.374 e. The summed E-state index contributed by atoms with van der Waals surface area (Å²) in [6.07, 6.45) is 7.34. The third-order valence-electron chi connectivity index (χ3n) is 7.32. The molecule has 0 amide bonds. The number of halogens is 1. The predicted molar refractivity (Wildman–Crippen MR) is 146 cm³/mol. The van der Waals surface area contributed by atoms with Crippen molar-refractivity contribution in [3.63, 3.8) is 0 Å². The molecule has 0 aliphatic heterocycles. The normalized spacial score (nSPS) is 15.1. The summed E-state index contributed by atoms with van der Waals surface area (Å²) in [5, 5.41) is 13.9. The quantitative estimate of drug-likeness (QED) is 0.329. The molecule has 7 heteroatoms. The van der Waals surface area contributed by atoms with E-state index in [9.17, 15) is 9.90 Å². The van der Waals surface area contributed by atoms with Crippen molar-refractivity contribution < 1.29 is 5.11 Å². The first-order chi connectivity index (χ1) is 17.8. The molecular weight excluding hydrogens is 484 g/mol. The maximum atomic E-state index is 13.3. The lowest BCUT2D eigenvalue weighted by molar-refractivity contribution is 0.117. The van der Waals surface area contributed by atoms with Crippen LogP contribution in [0.1, 0.15) is 35.4 Å². The summed E-state index contributed by atoms with van der Waals surface area (Å²) < 4.78 is 3.68. The lowest BCUT2D eigenvalue weighted by atomic mass is 9.83. The monoisotopic (exact) mass is 510 g/mol. The van der Waals surface area contributed by atoms with Crippen LogP contribution >= 0.6 is 11.6 Å². The maximum Gasteiger partial charge on any atom is 0.251 e. The molecule has 186 valence electrons. The number of benzene rings is 2. The molecule has 1 aliphatic carbocycles. The van der Waals surface area contributed by atoms with Crippen molar-refractivity contribution in [2.75, 3.05) is 0 Å². The van der Waals surface area contributed by atoms with Crippen molar-refractivity contribution in [1.82, 2.24) is 19.1 Å². The smallest absolute Gasteiger partial charge is 0.251 e. The van der Waals surface area contributed by atoms with E-state index in [0.717, 1.165) is 40.6 Å². The molecule has 3 aromatic heterocycles. The Kier molecular flexibility index (Phi) is 5.74. The zero-order valence-corrected chi connectivity index (χ0v) is 21.5. The topological polar surface area (TPSA) is 72.9 Å². The summed E-state index contributed by atoms with van der Waals surface area (Å²) in [6, 6.07) is 18.8. The second-order valence-corrected chi connectivity index (χ2v) is 10.4. The highest BCUT2D eigenvalue weighted by Crippen LogP contribution is 2.40. The van der Waals surface area contributed by atoms with Gasteiger partial charge in [0.15, 0.2) is 5.60 Å². The Hall–Kier alpha value is -3.74. The fourth-order valence-electron chi connectivity index (χ4n) is 5.10. The van der Waals surface area contributed by atoms with Crippen LogP contribution in [0.25, 0.3) is 22.0 Å². The van der Waals surface area contributed by atoms with Gasteiger partial charge >= 0.3 is 0 Å². The van der Waals surface area contributed by atoms with Crippen molar-refractivity contribution in [2.24, 2.45) is 13.0 Å². The average Bonchev–Trinajstić information content (AvgIpc) is 3.62. The Labute approximate surface area is 219 Å². The number of rotatable bonds is 6. The highest BCUT2D eigenvalue weighted by atomic mass is 35.5. The number of aryl methyl sites for hydroxylation is 2. The standard InChI is InChI=1S/C30H27ClN4O2/c1-19-6-9-23(15-33-19)30(37,28-16-32-18-34(28)2)22-10-11-27-26(13-22)25(21-4-3-5-24(31)12-21)14-29(36)35(27)17-20-7-8-20/h3-6,9-16,18,20,37H,7-8,17H2,1-2H3. The van der Waals surface area contributed by atoms with Crippen LogP contribution in [0.4, 0.5) is 0 Å². The summed E-state index contributed by atoms with van der Waals surface area (Å²) in [5.74, 6) is 0.530. The lowest BCUT2D eigenvalue weighted by Gasteiger charge is -2.30. The molecule has 6 nitrogen and oxygen atoms in total. The molecule has 1 atom stereocenters. The summed E-state index contributed by atoms with van der Waals surface area (Å²) in [7, 11) is 1.86. The van der Waals surface area contributed by atoms with Gasteiger partial charge in [0.2, 0.25) is 0 Å². The molecule has 3 heterocycles. The van der Waals surface area contributed by atoms with Crippen LogP contribution in [0.3, 0.4) is 0 Å². The number of imidazole rings is 1. The highest BCUT2D eigenvalue weighted by Gasteiger charge is 2.37. The Morgan fingerprint density at radius 2 is 1.86 bits per heavy atom. The molecule has 6 rings (SSSR count). The maximum absolute atomic E-state index is 13.3. The molecule has 0 radical (unpaired) electrons. The number of aliphatic hydroxyl groups is 1. The Morgan fingerprint density at radius 3 is 2.54 bits per heavy atom. The van der Waals surface area contributed by atoms with E-state index in [1.807, 2.05) is 77.7 Å². The zero-order valence-electron chi connectivity index (χ0n) is 20.7. The first-order valence-corrected chi connectivity index (χ1v) is 12.8. The van der Waals surface area contributed by atoms with E-state index in [0.29, 0.717) is 34.3 Å². The van der Waals surface area contributed by atoms with E-state index < -0.39 is 5.60 Å². The molecule has 37 heavy (non-hydrogen) atoms. The number of fused-ring (bicyclic) bond motifs is 1. The second kappa shape index (κ2) is 8.98. The van der Waals surface area contributed by atoms with Crippen LogP contribution in [0.2, 0.25) is 5.02 Å². The zero-order chi connectivity index (χ0) is 25.7. The van der Waals surface area contributed by atoms with Gasteiger partial charge in [-0.3, -0.25) is 9.78 Å².